The van der Waals surface area contributed by atoms with Crippen molar-refractivity contribution in [3.8, 4) is 5.75 Å². The fourth-order valence-corrected chi connectivity index (χ4v) is 1.56. The van der Waals surface area contributed by atoms with E-state index in [4.69, 9.17) is 5.73 Å². The molecule has 0 radical (unpaired) electrons. The number of rotatable bonds is 3. The highest BCUT2D eigenvalue weighted by atomic mass is 19.4. The number of hydrogen-bond acceptors (Lipinski definition) is 4. The van der Waals surface area contributed by atoms with Crippen LogP contribution in [-0.2, 0) is 0 Å². The van der Waals surface area contributed by atoms with Crippen LogP contribution in [0.3, 0.4) is 0 Å². The fourth-order valence-electron chi connectivity index (χ4n) is 1.56. The summed E-state index contributed by atoms with van der Waals surface area (Å²) in [5.74, 6) is -0.778. The summed E-state index contributed by atoms with van der Waals surface area (Å²) in [6.45, 7) is 0. The summed E-state index contributed by atoms with van der Waals surface area (Å²) in [5.41, 5.74) is 5.85. The fraction of sp³-hybridized carbons (Fsp3) is 0.0769. The maximum Gasteiger partial charge on any atom is 0.573 e. The molecule has 0 fully saturated rings. The zero-order valence-corrected chi connectivity index (χ0v) is 10.5. The molecule has 2 rings (SSSR count). The van der Waals surface area contributed by atoms with Crippen LogP contribution in [0.15, 0.2) is 42.6 Å². The van der Waals surface area contributed by atoms with Gasteiger partial charge >= 0.3 is 6.36 Å². The summed E-state index contributed by atoms with van der Waals surface area (Å²) < 4.78 is 40.1. The van der Waals surface area contributed by atoms with Crippen molar-refractivity contribution in [3.05, 3.63) is 48.2 Å². The Morgan fingerprint density at radius 1 is 1.24 bits per heavy atom. The van der Waals surface area contributed by atoms with Crippen LogP contribution in [0.1, 0.15) is 10.4 Å². The van der Waals surface area contributed by atoms with Crippen molar-refractivity contribution >= 4 is 17.4 Å². The topological polar surface area (TPSA) is 77.2 Å². The first-order valence-corrected chi connectivity index (χ1v) is 5.72. The van der Waals surface area contributed by atoms with Crippen LogP contribution < -0.4 is 15.8 Å². The van der Waals surface area contributed by atoms with Gasteiger partial charge in [-0.3, -0.25) is 4.79 Å². The van der Waals surface area contributed by atoms with Gasteiger partial charge in [0.05, 0.1) is 0 Å². The van der Waals surface area contributed by atoms with Gasteiger partial charge in [-0.25, -0.2) is 4.98 Å². The Kier molecular flexibility index (Phi) is 3.97. The Balaban J connectivity index is 2.13. The number of ether oxygens (including phenoxy) is 1. The predicted octanol–water partition coefficient (Wildman–Crippen LogP) is 2.81. The van der Waals surface area contributed by atoms with Gasteiger partial charge < -0.3 is 15.8 Å². The molecule has 2 aromatic rings. The van der Waals surface area contributed by atoms with E-state index in [0.29, 0.717) is 0 Å². The van der Waals surface area contributed by atoms with Crippen molar-refractivity contribution in [3.63, 3.8) is 0 Å². The molecule has 0 aliphatic heterocycles. The Labute approximate surface area is 117 Å². The monoisotopic (exact) mass is 297 g/mol. The van der Waals surface area contributed by atoms with Crippen molar-refractivity contribution in [1.82, 2.24) is 4.98 Å². The molecule has 1 heterocycles. The number of benzene rings is 1. The molecule has 3 N–H and O–H groups in total. The van der Waals surface area contributed by atoms with Gasteiger partial charge in [0.15, 0.2) is 0 Å². The van der Waals surface area contributed by atoms with E-state index in [1.165, 1.54) is 30.5 Å². The molecule has 0 unspecified atom stereocenters. The van der Waals surface area contributed by atoms with Crippen molar-refractivity contribution < 1.29 is 22.7 Å². The zero-order valence-electron chi connectivity index (χ0n) is 10.5. The SMILES string of the molecule is Nc1cc(C(=O)Nc2cccc(OC(F)(F)F)c2)ccn1. The quantitative estimate of drug-likeness (QED) is 0.913. The van der Waals surface area contributed by atoms with Crippen LogP contribution in [0.2, 0.25) is 0 Å². The highest BCUT2D eigenvalue weighted by Crippen LogP contribution is 2.25. The van der Waals surface area contributed by atoms with Crippen LogP contribution in [0.5, 0.6) is 5.75 Å². The molecule has 0 bridgehead atoms. The van der Waals surface area contributed by atoms with Gasteiger partial charge in [-0.2, -0.15) is 0 Å². The molecule has 0 aliphatic rings. The first-order chi connectivity index (χ1) is 9.83. The average molecular weight is 297 g/mol. The minimum Gasteiger partial charge on any atom is -0.406 e. The van der Waals surface area contributed by atoms with Gasteiger partial charge in [-0.05, 0) is 24.3 Å². The lowest BCUT2D eigenvalue weighted by Gasteiger charge is -2.10. The number of carbonyl (C=O) groups excluding carboxylic acids is 1. The molecule has 0 saturated heterocycles. The minimum absolute atomic E-state index is 0.164. The summed E-state index contributed by atoms with van der Waals surface area (Å²) in [6.07, 6.45) is -3.43. The molecule has 1 aromatic heterocycles. The van der Waals surface area contributed by atoms with Gasteiger partial charge in [0, 0.05) is 23.5 Å². The van der Waals surface area contributed by atoms with E-state index in [1.807, 2.05) is 0 Å². The van der Waals surface area contributed by atoms with E-state index < -0.39 is 18.0 Å². The lowest BCUT2D eigenvalue weighted by molar-refractivity contribution is -0.274. The third kappa shape index (κ3) is 4.37. The molecule has 0 aliphatic carbocycles. The Hall–Kier alpha value is -2.77. The van der Waals surface area contributed by atoms with Crippen molar-refractivity contribution in [2.45, 2.75) is 6.36 Å². The third-order valence-electron chi connectivity index (χ3n) is 2.37. The van der Waals surface area contributed by atoms with Crippen molar-refractivity contribution in [2.75, 3.05) is 11.1 Å². The van der Waals surface area contributed by atoms with Crippen molar-refractivity contribution in [1.29, 1.82) is 0 Å². The summed E-state index contributed by atoms with van der Waals surface area (Å²) in [6, 6.07) is 7.75. The summed E-state index contributed by atoms with van der Waals surface area (Å²) >= 11 is 0. The number of nitrogens with one attached hydrogen (secondary N) is 1. The first-order valence-electron chi connectivity index (χ1n) is 5.72. The molecule has 8 heteroatoms. The first kappa shape index (κ1) is 14.6. The molecule has 0 saturated carbocycles. The van der Waals surface area contributed by atoms with E-state index in [2.05, 4.69) is 15.0 Å². The lowest BCUT2D eigenvalue weighted by atomic mass is 10.2. The van der Waals surface area contributed by atoms with E-state index in [1.54, 1.807) is 0 Å². The standard InChI is InChI=1S/C13H10F3N3O2/c14-13(15,16)21-10-3-1-2-9(7-10)19-12(20)8-4-5-18-11(17)6-8/h1-7H,(H2,17,18)(H,19,20). The maximum atomic E-state index is 12.1. The van der Waals surface area contributed by atoms with Crippen molar-refractivity contribution in [2.24, 2.45) is 0 Å². The number of carbonyl (C=O) groups is 1. The maximum absolute atomic E-state index is 12.1. The number of anilines is 2. The number of hydrogen-bond donors (Lipinski definition) is 2. The van der Waals surface area contributed by atoms with Gasteiger partial charge in [-0.1, -0.05) is 6.07 Å². The molecule has 5 nitrogen and oxygen atoms in total. The predicted molar refractivity (Wildman–Crippen MR) is 69.7 cm³/mol. The number of aromatic nitrogens is 1. The van der Waals surface area contributed by atoms with E-state index >= 15 is 0 Å². The number of nitrogens with two attached hydrogens (primary N) is 1. The number of amides is 1. The largest absolute Gasteiger partial charge is 0.573 e. The number of nitrogen functional groups attached to an aromatic ring is 1. The Morgan fingerprint density at radius 3 is 2.67 bits per heavy atom. The molecule has 0 atom stereocenters. The second kappa shape index (κ2) is 5.70. The van der Waals surface area contributed by atoms with Crippen LogP contribution in [0, 0.1) is 0 Å². The lowest BCUT2D eigenvalue weighted by Crippen LogP contribution is -2.17. The normalized spacial score (nSPS) is 11.0. The number of halogens is 3. The van der Waals surface area contributed by atoms with Gasteiger partial charge in [0.2, 0.25) is 0 Å². The highest BCUT2D eigenvalue weighted by molar-refractivity contribution is 6.04. The van der Waals surface area contributed by atoms with Gasteiger partial charge in [0.1, 0.15) is 11.6 Å². The van der Waals surface area contributed by atoms with E-state index in [0.717, 1.165) is 12.1 Å². The van der Waals surface area contributed by atoms with E-state index in [9.17, 15) is 18.0 Å². The number of alkyl halides is 3. The number of nitrogens with zero attached hydrogens (tertiary/aromatic N) is 1. The summed E-state index contributed by atoms with van der Waals surface area (Å²) in [4.78, 5) is 15.6. The second-order valence-corrected chi connectivity index (χ2v) is 4.00. The average Bonchev–Trinajstić information content (AvgIpc) is 2.37. The van der Waals surface area contributed by atoms with Gasteiger partial charge in [0.25, 0.3) is 5.91 Å². The van der Waals surface area contributed by atoms with E-state index in [-0.39, 0.29) is 17.1 Å². The Bertz CT molecular complexity index is 659. The minimum atomic E-state index is -4.79. The second-order valence-electron chi connectivity index (χ2n) is 4.00. The zero-order chi connectivity index (χ0) is 15.5. The summed E-state index contributed by atoms with van der Waals surface area (Å²) in [7, 11) is 0. The molecular formula is C13H10F3N3O2. The van der Waals surface area contributed by atoms with Crippen LogP contribution in [0.25, 0.3) is 0 Å². The highest BCUT2D eigenvalue weighted by Gasteiger charge is 2.31. The van der Waals surface area contributed by atoms with Crippen LogP contribution in [-0.4, -0.2) is 17.3 Å². The summed E-state index contributed by atoms with van der Waals surface area (Å²) in [5, 5.41) is 2.44. The Morgan fingerprint density at radius 2 is 2.00 bits per heavy atom. The molecule has 0 spiro atoms. The van der Waals surface area contributed by atoms with Crippen LogP contribution in [0.4, 0.5) is 24.7 Å². The number of pyridine rings is 1. The molecule has 1 amide bonds. The smallest absolute Gasteiger partial charge is 0.406 e. The van der Waals surface area contributed by atoms with Gasteiger partial charge in [-0.15, -0.1) is 13.2 Å². The molecule has 1 aromatic carbocycles. The molecule has 21 heavy (non-hydrogen) atoms. The van der Waals surface area contributed by atoms with Crippen LogP contribution >= 0.6 is 0 Å². The molecule has 110 valence electrons. The third-order valence-corrected chi connectivity index (χ3v) is 2.37. The molecular weight excluding hydrogens is 287 g/mol.